The van der Waals surface area contributed by atoms with Crippen molar-refractivity contribution < 1.29 is 28.7 Å². The Morgan fingerprint density at radius 1 is 1.09 bits per heavy atom. The van der Waals surface area contributed by atoms with E-state index in [9.17, 15) is 19.2 Å². The Bertz CT molecular complexity index is 1140. The van der Waals surface area contributed by atoms with E-state index in [1.807, 2.05) is 32.0 Å². The summed E-state index contributed by atoms with van der Waals surface area (Å²) in [7, 11) is 1.26. The second-order valence-electron chi connectivity index (χ2n) is 7.66. The van der Waals surface area contributed by atoms with Gasteiger partial charge in [-0.2, -0.15) is 10.1 Å². The van der Waals surface area contributed by atoms with Gasteiger partial charge in [-0.05, 0) is 50.5 Å². The number of rotatable bonds is 6. The zero-order chi connectivity index (χ0) is 23.6. The molecule has 1 aliphatic rings. The number of hydrogen-bond acceptors (Lipinski definition) is 7. The Labute approximate surface area is 185 Å². The number of aryl methyl sites for hydroxylation is 3. The summed E-state index contributed by atoms with van der Waals surface area (Å²) in [5.41, 5.74) is 3.83. The molecule has 1 amide bonds. The number of carbonyl (C=O) groups is 4. The van der Waals surface area contributed by atoms with Gasteiger partial charge in [-0.15, -0.1) is 0 Å². The van der Waals surface area contributed by atoms with E-state index in [0.29, 0.717) is 16.9 Å². The van der Waals surface area contributed by atoms with E-state index in [2.05, 4.69) is 10.1 Å². The van der Waals surface area contributed by atoms with Crippen molar-refractivity contribution in [1.29, 1.82) is 0 Å². The summed E-state index contributed by atoms with van der Waals surface area (Å²) >= 11 is 0. The van der Waals surface area contributed by atoms with E-state index >= 15 is 0 Å². The number of Topliss-reactive ketones (excluding diaryl/α,β-unsaturated/α-hetero) is 1. The number of carbonyl (C=O) groups excluding carboxylic acids is 4. The first-order valence-corrected chi connectivity index (χ1v) is 10.1. The Morgan fingerprint density at radius 3 is 2.50 bits per heavy atom. The molecule has 0 saturated heterocycles. The van der Waals surface area contributed by atoms with Crippen LogP contribution in [0.1, 0.15) is 56.1 Å². The van der Waals surface area contributed by atoms with E-state index in [1.54, 1.807) is 13.8 Å². The van der Waals surface area contributed by atoms with Gasteiger partial charge in [0, 0.05) is 18.5 Å². The fourth-order valence-corrected chi connectivity index (χ4v) is 3.56. The number of anilines is 1. The molecule has 0 saturated carbocycles. The summed E-state index contributed by atoms with van der Waals surface area (Å²) in [5.74, 6) is -2.04. The second kappa shape index (κ2) is 9.17. The normalized spacial score (nSPS) is 13.6. The van der Waals surface area contributed by atoms with E-state index in [0.717, 1.165) is 11.1 Å². The molecule has 3 rings (SSSR count). The molecule has 2 heterocycles. The number of ketones is 1. The minimum atomic E-state index is -0.768. The minimum absolute atomic E-state index is 0.0629. The van der Waals surface area contributed by atoms with Crippen LogP contribution in [0, 0.1) is 27.7 Å². The third-order valence-corrected chi connectivity index (χ3v) is 5.30. The van der Waals surface area contributed by atoms with Crippen LogP contribution in [0.5, 0.6) is 0 Å². The molecule has 0 bridgehead atoms. The third kappa shape index (κ3) is 4.46. The van der Waals surface area contributed by atoms with Gasteiger partial charge >= 0.3 is 11.9 Å². The van der Waals surface area contributed by atoms with Crippen LogP contribution in [0.15, 0.2) is 23.3 Å². The van der Waals surface area contributed by atoms with Crippen molar-refractivity contribution in [3.63, 3.8) is 0 Å². The third-order valence-electron chi connectivity index (χ3n) is 5.30. The first-order chi connectivity index (χ1) is 15.1. The number of amides is 1. The highest BCUT2D eigenvalue weighted by Gasteiger charge is 2.28. The number of esters is 2. The molecule has 0 spiro atoms. The van der Waals surface area contributed by atoms with Crippen molar-refractivity contribution >= 4 is 35.0 Å². The van der Waals surface area contributed by atoms with Gasteiger partial charge in [-0.3, -0.25) is 9.59 Å². The summed E-state index contributed by atoms with van der Waals surface area (Å²) in [6.07, 6.45) is 0.229. The molecule has 1 aromatic heterocycles. The Kier molecular flexibility index (Phi) is 6.57. The number of hydrazone groups is 1. The van der Waals surface area contributed by atoms with E-state index < -0.39 is 24.3 Å². The van der Waals surface area contributed by atoms with Gasteiger partial charge in [0.1, 0.15) is 5.71 Å². The number of aromatic amines is 1. The quantitative estimate of drug-likeness (QED) is 0.546. The average molecular weight is 439 g/mol. The summed E-state index contributed by atoms with van der Waals surface area (Å²) < 4.78 is 9.90. The number of hydrogen-bond donors (Lipinski definition) is 1. The fourth-order valence-electron chi connectivity index (χ4n) is 3.56. The lowest BCUT2D eigenvalue weighted by Gasteiger charge is -2.24. The van der Waals surface area contributed by atoms with Gasteiger partial charge < -0.3 is 14.5 Å². The summed E-state index contributed by atoms with van der Waals surface area (Å²) in [4.78, 5) is 52.3. The summed E-state index contributed by atoms with van der Waals surface area (Å²) in [5, 5.41) is 5.41. The predicted octanol–water partition coefficient (Wildman–Crippen LogP) is 2.94. The van der Waals surface area contributed by atoms with Crippen LogP contribution in [0.3, 0.4) is 0 Å². The highest BCUT2D eigenvalue weighted by Crippen LogP contribution is 2.26. The fraction of sp³-hybridized carbons (Fsp3) is 0.348. The zero-order valence-corrected chi connectivity index (χ0v) is 18.7. The monoisotopic (exact) mass is 439 g/mol. The van der Waals surface area contributed by atoms with Gasteiger partial charge in [0.15, 0.2) is 6.61 Å². The topological polar surface area (TPSA) is 118 Å². The smallest absolute Gasteiger partial charge is 0.354 e. The van der Waals surface area contributed by atoms with Crippen molar-refractivity contribution in [2.24, 2.45) is 5.10 Å². The molecule has 1 N–H and O–H groups in total. The van der Waals surface area contributed by atoms with Gasteiger partial charge in [0.25, 0.3) is 0 Å². The van der Waals surface area contributed by atoms with Crippen LogP contribution in [0.25, 0.3) is 0 Å². The first-order valence-electron chi connectivity index (χ1n) is 10.1. The van der Waals surface area contributed by atoms with Gasteiger partial charge in [-0.1, -0.05) is 12.1 Å². The van der Waals surface area contributed by atoms with Crippen LogP contribution < -0.4 is 5.01 Å². The molecule has 2 aromatic rings. The molecule has 0 aliphatic carbocycles. The molecule has 0 unspecified atom stereocenters. The number of H-pyrrole nitrogens is 1. The van der Waals surface area contributed by atoms with Crippen LogP contribution >= 0.6 is 0 Å². The summed E-state index contributed by atoms with van der Waals surface area (Å²) in [6, 6.07) is 5.62. The van der Waals surface area contributed by atoms with Crippen LogP contribution in [-0.2, 0) is 19.1 Å². The lowest BCUT2D eigenvalue weighted by molar-refractivity contribution is -0.134. The van der Waals surface area contributed by atoms with Crippen molar-refractivity contribution in [3.8, 4) is 0 Å². The number of methoxy groups -OCH3 is 1. The molecule has 1 aliphatic heterocycles. The number of nitrogens with one attached hydrogen (secondary N) is 1. The maximum absolute atomic E-state index is 12.6. The summed E-state index contributed by atoms with van der Waals surface area (Å²) in [6.45, 7) is 6.49. The number of ether oxygens (including phenoxy) is 2. The largest absolute Gasteiger partial charge is 0.465 e. The van der Waals surface area contributed by atoms with E-state index in [-0.39, 0.29) is 35.7 Å². The van der Waals surface area contributed by atoms with E-state index in [1.165, 1.54) is 12.1 Å². The van der Waals surface area contributed by atoms with Crippen LogP contribution in [0.2, 0.25) is 0 Å². The predicted molar refractivity (Wildman–Crippen MR) is 117 cm³/mol. The Hall–Kier alpha value is -3.75. The maximum atomic E-state index is 12.6. The van der Waals surface area contributed by atoms with Crippen LogP contribution in [0.4, 0.5) is 5.69 Å². The Morgan fingerprint density at radius 2 is 1.81 bits per heavy atom. The van der Waals surface area contributed by atoms with Crippen molar-refractivity contribution in [2.45, 2.75) is 40.5 Å². The Balaban J connectivity index is 1.75. The standard InChI is InChI=1S/C23H25N3O6/c1-12-6-7-13(2)17(10-12)26-19(28)9-8-16(25-26)22(29)32-11-18(27)21-14(3)20(15(4)24-21)23(30)31-5/h6-7,10,24H,8-9,11H2,1-5H3. The highest BCUT2D eigenvalue weighted by molar-refractivity contribution is 6.38. The molecule has 9 heteroatoms. The van der Waals surface area contributed by atoms with Crippen molar-refractivity contribution in [2.75, 3.05) is 18.7 Å². The lowest BCUT2D eigenvalue weighted by Crippen LogP contribution is -2.35. The van der Waals surface area contributed by atoms with Crippen LogP contribution in [-0.4, -0.2) is 48.0 Å². The second-order valence-corrected chi connectivity index (χ2v) is 7.66. The van der Waals surface area contributed by atoms with Gasteiger partial charge in [0.2, 0.25) is 11.7 Å². The molecule has 168 valence electrons. The zero-order valence-electron chi connectivity index (χ0n) is 18.7. The number of aromatic nitrogens is 1. The molecule has 9 nitrogen and oxygen atoms in total. The molecule has 0 fully saturated rings. The molecule has 0 atom stereocenters. The molecular weight excluding hydrogens is 414 g/mol. The highest BCUT2D eigenvalue weighted by atomic mass is 16.5. The minimum Gasteiger partial charge on any atom is -0.465 e. The van der Waals surface area contributed by atoms with E-state index in [4.69, 9.17) is 9.47 Å². The van der Waals surface area contributed by atoms with Crippen molar-refractivity contribution in [1.82, 2.24) is 4.98 Å². The molecule has 0 radical (unpaired) electrons. The number of benzene rings is 1. The maximum Gasteiger partial charge on any atom is 0.354 e. The molecule has 32 heavy (non-hydrogen) atoms. The average Bonchev–Trinajstić information content (AvgIpc) is 3.07. The molecular formula is C23H25N3O6. The lowest BCUT2D eigenvalue weighted by atomic mass is 10.1. The SMILES string of the molecule is COC(=O)c1c(C)[nH]c(C(=O)COC(=O)C2=NN(c3cc(C)ccc3C)C(=O)CC2)c1C. The molecule has 1 aromatic carbocycles. The number of nitrogens with zero attached hydrogens (tertiary/aromatic N) is 2. The van der Waals surface area contributed by atoms with Gasteiger partial charge in [-0.25, -0.2) is 9.59 Å². The van der Waals surface area contributed by atoms with Crippen molar-refractivity contribution in [3.05, 3.63) is 51.8 Å². The first kappa shape index (κ1) is 22.9. The van der Waals surface area contributed by atoms with Gasteiger partial charge in [0.05, 0.1) is 24.1 Å².